The number of rotatable bonds is 2. The van der Waals surface area contributed by atoms with Crippen molar-refractivity contribution in [3.63, 3.8) is 0 Å². The molecular weight excluding hydrogens is 579 g/mol. The number of furan rings is 1. The van der Waals surface area contributed by atoms with Crippen LogP contribution in [0.4, 0.5) is 24.7 Å². The highest BCUT2D eigenvalue weighted by molar-refractivity contribution is 6.05. The number of alkyl halides is 3. The number of pyridine rings is 1. The molecule has 0 bridgehead atoms. The molecule has 44 heavy (non-hydrogen) atoms. The Labute approximate surface area is 250 Å². The predicted octanol–water partition coefficient (Wildman–Crippen LogP) is 5.06. The Morgan fingerprint density at radius 3 is 2.50 bits per heavy atom. The number of piperidine rings is 1. The molecule has 0 aliphatic carbocycles. The first-order chi connectivity index (χ1) is 21.1. The minimum absolute atomic E-state index is 0.0665. The van der Waals surface area contributed by atoms with Crippen LogP contribution in [0.5, 0.6) is 0 Å². The second kappa shape index (κ2) is 12.6. The normalized spacial score (nSPS) is 19.0. The number of halogens is 3. The SMILES string of the molecule is C#Cc1c[nH]c(=O)c(N2CCCC3(COC3)[C@@H]2C)c1.FC(F)(F)c1nc(N2CCCC2)c2oc3ccccc3c2n1.O=CO. The Morgan fingerprint density at radius 1 is 1.16 bits per heavy atom. The van der Waals surface area contributed by atoms with Gasteiger partial charge in [0.25, 0.3) is 12.0 Å². The number of carbonyl (C=O) groups is 1. The molecule has 7 rings (SSSR count). The zero-order valence-corrected chi connectivity index (χ0v) is 24.1. The Morgan fingerprint density at radius 2 is 1.86 bits per heavy atom. The van der Waals surface area contributed by atoms with Gasteiger partial charge in [0.1, 0.15) is 16.8 Å². The van der Waals surface area contributed by atoms with Gasteiger partial charge in [-0.2, -0.15) is 13.2 Å². The van der Waals surface area contributed by atoms with Crippen molar-refractivity contribution < 1.29 is 32.2 Å². The highest BCUT2D eigenvalue weighted by Crippen LogP contribution is 2.43. The Bertz CT molecular complexity index is 1730. The lowest BCUT2D eigenvalue weighted by molar-refractivity contribution is -0.144. The van der Waals surface area contributed by atoms with Gasteiger partial charge in [0.05, 0.1) is 13.2 Å². The molecule has 6 heterocycles. The van der Waals surface area contributed by atoms with Crippen LogP contribution in [-0.4, -0.2) is 65.4 Å². The summed E-state index contributed by atoms with van der Waals surface area (Å²) in [6.07, 6.45) is 6.56. The lowest BCUT2D eigenvalue weighted by Gasteiger charge is -2.53. The van der Waals surface area contributed by atoms with Crippen molar-refractivity contribution in [2.75, 3.05) is 42.6 Å². The first kappa shape index (κ1) is 30.9. The van der Waals surface area contributed by atoms with Gasteiger partial charge in [-0.15, -0.1) is 6.42 Å². The van der Waals surface area contributed by atoms with Crippen LogP contribution in [0.1, 0.15) is 44.0 Å². The van der Waals surface area contributed by atoms with E-state index >= 15 is 0 Å². The first-order valence-corrected chi connectivity index (χ1v) is 14.2. The van der Waals surface area contributed by atoms with Gasteiger partial charge in [0, 0.05) is 48.2 Å². The van der Waals surface area contributed by atoms with Crippen LogP contribution in [0.25, 0.3) is 22.1 Å². The molecule has 0 amide bonds. The van der Waals surface area contributed by atoms with Crippen LogP contribution >= 0.6 is 0 Å². The Balaban J connectivity index is 0.000000162. The van der Waals surface area contributed by atoms with Crippen molar-refractivity contribution in [2.45, 2.75) is 44.8 Å². The van der Waals surface area contributed by atoms with E-state index in [0.29, 0.717) is 46.9 Å². The third kappa shape index (κ3) is 5.94. The number of aromatic nitrogens is 3. The van der Waals surface area contributed by atoms with Crippen molar-refractivity contribution in [1.82, 2.24) is 15.0 Å². The number of terminal acetylenes is 1. The third-order valence-corrected chi connectivity index (χ3v) is 8.43. The molecule has 2 N–H and O–H groups in total. The van der Waals surface area contributed by atoms with Gasteiger partial charge in [0.15, 0.2) is 11.4 Å². The maximum atomic E-state index is 13.1. The molecule has 13 heteroatoms. The highest BCUT2D eigenvalue weighted by atomic mass is 19.4. The molecule has 0 unspecified atom stereocenters. The van der Waals surface area contributed by atoms with Crippen LogP contribution in [0, 0.1) is 17.8 Å². The third-order valence-electron chi connectivity index (χ3n) is 8.43. The number of hydrogen-bond donors (Lipinski definition) is 2. The second-order valence-electron chi connectivity index (χ2n) is 11.0. The summed E-state index contributed by atoms with van der Waals surface area (Å²) in [5.74, 6) is 1.70. The Kier molecular flexibility index (Phi) is 8.82. The second-order valence-corrected chi connectivity index (χ2v) is 11.0. The van der Waals surface area contributed by atoms with E-state index in [1.807, 2.05) is 11.0 Å². The molecule has 1 aromatic carbocycles. The van der Waals surface area contributed by atoms with Crippen LogP contribution in [0.15, 0.2) is 45.7 Å². The lowest BCUT2D eigenvalue weighted by atomic mass is 9.72. The summed E-state index contributed by atoms with van der Waals surface area (Å²) in [4.78, 5) is 34.6. The van der Waals surface area contributed by atoms with Crippen LogP contribution in [0.3, 0.4) is 0 Å². The quantitative estimate of drug-likeness (QED) is 0.237. The fourth-order valence-electron chi connectivity index (χ4n) is 6.03. The smallest absolute Gasteiger partial charge is 0.451 e. The number of H-pyrrole nitrogens is 1. The number of carboxylic acid groups (broad SMARTS) is 1. The number of hydrogen-bond acceptors (Lipinski definition) is 8. The molecule has 3 aliphatic rings. The van der Waals surface area contributed by atoms with Crippen molar-refractivity contribution in [3.8, 4) is 12.3 Å². The zero-order chi connectivity index (χ0) is 31.5. The molecule has 4 aromatic rings. The standard InChI is InChI=1S/C15H12F3N3O.C15H18N2O2.CH2O2/c16-15(17,18)14-19-11-9-5-1-2-6-10(9)22-12(11)13(20-14)21-7-3-4-8-21;1-3-12-7-13(14(18)16-8-12)17-6-4-5-15(11(17)2)9-19-10-15;2-1-3/h1-2,5-6H,3-4,7-8H2;1,7-8,11H,4-6,9-10H2,2H3,(H,16,18);1H,(H,2,3)/t;11-;/m.0./s1. The molecule has 1 atom stereocenters. The summed E-state index contributed by atoms with van der Waals surface area (Å²) in [5, 5.41) is 7.46. The molecule has 3 saturated heterocycles. The molecule has 0 saturated carbocycles. The van der Waals surface area contributed by atoms with E-state index in [2.05, 4.69) is 32.7 Å². The first-order valence-electron chi connectivity index (χ1n) is 14.2. The van der Waals surface area contributed by atoms with E-state index < -0.39 is 12.0 Å². The van der Waals surface area contributed by atoms with E-state index in [4.69, 9.17) is 25.5 Å². The number of para-hydroxylation sites is 1. The predicted molar refractivity (Wildman–Crippen MR) is 159 cm³/mol. The monoisotopic (exact) mass is 611 g/mol. The summed E-state index contributed by atoms with van der Waals surface area (Å²) >= 11 is 0. The van der Waals surface area contributed by atoms with Gasteiger partial charge in [0.2, 0.25) is 5.82 Å². The maximum Gasteiger partial charge on any atom is 0.451 e. The van der Waals surface area contributed by atoms with Gasteiger partial charge in [-0.3, -0.25) is 9.59 Å². The topological polar surface area (TPSA) is 125 Å². The van der Waals surface area contributed by atoms with Gasteiger partial charge in [-0.25, -0.2) is 9.97 Å². The molecule has 0 radical (unpaired) electrons. The van der Waals surface area contributed by atoms with Gasteiger partial charge in [-0.05, 0) is 50.8 Å². The zero-order valence-electron chi connectivity index (χ0n) is 24.1. The van der Waals surface area contributed by atoms with E-state index in [9.17, 15) is 18.0 Å². The molecule has 1 spiro atoms. The molecule has 10 nitrogen and oxygen atoms in total. The molecule has 3 fully saturated rings. The lowest BCUT2D eigenvalue weighted by Crippen LogP contribution is -2.60. The Hall–Kier alpha value is -4.57. The average Bonchev–Trinajstić information content (AvgIpc) is 3.65. The molecule has 3 aliphatic heterocycles. The van der Waals surface area contributed by atoms with Gasteiger partial charge in [-0.1, -0.05) is 18.1 Å². The minimum Gasteiger partial charge on any atom is -0.483 e. The number of anilines is 2. The maximum absolute atomic E-state index is 13.1. The largest absolute Gasteiger partial charge is 0.483 e. The average molecular weight is 612 g/mol. The van der Waals surface area contributed by atoms with Crippen molar-refractivity contribution in [2.24, 2.45) is 5.41 Å². The summed E-state index contributed by atoms with van der Waals surface area (Å²) in [6, 6.07) is 9.08. The van der Waals surface area contributed by atoms with E-state index in [1.54, 1.807) is 30.5 Å². The van der Waals surface area contributed by atoms with Crippen molar-refractivity contribution in [3.05, 3.63) is 58.3 Å². The minimum atomic E-state index is -4.58. The van der Waals surface area contributed by atoms with Crippen LogP contribution < -0.4 is 15.4 Å². The van der Waals surface area contributed by atoms with Crippen LogP contribution in [0.2, 0.25) is 0 Å². The number of nitrogens with zero attached hydrogens (tertiary/aromatic N) is 4. The van der Waals surface area contributed by atoms with E-state index in [0.717, 1.165) is 39.0 Å². The van der Waals surface area contributed by atoms with Crippen molar-refractivity contribution in [1.29, 1.82) is 0 Å². The fourth-order valence-corrected chi connectivity index (χ4v) is 6.03. The van der Waals surface area contributed by atoms with E-state index in [1.165, 1.54) is 6.42 Å². The highest BCUT2D eigenvalue weighted by Gasteiger charge is 2.48. The summed E-state index contributed by atoms with van der Waals surface area (Å²) < 4.78 is 50.5. The van der Waals surface area contributed by atoms with Crippen LogP contribution in [-0.2, 0) is 15.7 Å². The number of aromatic amines is 1. The molecular formula is C31H32F3N5O5. The fraction of sp³-hybridized carbons (Fsp3) is 0.419. The summed E-state index contributed by atoms with van der Waals surface area (Å²) in [7, 11) is 0. The van der Waals surface area contributed by atoms with Gasteiger partial charge < -0.3 is 29.0 Å². The summed E-state index contributed by atoms with van der Waals surface area (Å²) in [6.45, 7) is 5.80. The number of ether oxygens (including phenoxy) is 1. The number of benzene rings is 1. The summed E-state index contributed by atoms with van der Waals surface area (Å²) in [5.41, 5.74) is 2.63. The molecule has 232 valence electrons. The van der Waals surface area contributed by atoms with Crippen molar-refractivity contribution >= 4 is 40.0 Å². The number of nitrogens with one attached hydrogen (secondary N) is 1. The molecule has 3 aromatic heterocycles. The van der Waals surface area contributed by atoms with E-state index in [-0.39, 0.29) is 28.8 Å². The number of fused-ring (bicyclic) bond motifs is 3. The van der Waals surface area contributed by atoms with Gasteiger partial charge >= 0.3 is 6.18 Å².